The van der Waals surface area contributed by atoms with Crippen LogP contribution in [0.5, 0.6) is 5.75 Å². The van der Waals surface area contributed by atoms with E-state index in [0.29, 0.717) is 11.4 Å². The third-order valence-electron chi connectivity index (χ3n) is 3.48. The third kappa shape index (κ3) is 2.85. The number of aryl methyl sites for hydroxylation is 1. The van der Waals surface area contributed by atoms with Crippen LogP contribution in [-0.2, 0) is 9.53 Å². The molecule has 0 fully saturated rings. The summed E-state index contributed by atoms with van der Waals surface area (Å²) in [4.78, 5) is 34.2. The quantitative estimate of drug-likeness (QED) is 0.779. The smallest absolute Gasteiger partial charge is 0.348 e. The minimum atomic E-state index is -0.878. The number of benzene rings is 1. The average molecular weight is 313 g/mol. The highest BCUT2D eigenvalue weighted by atomic mass is 16.6. The number of esters is 1. The van der Waals surface area contributed by atoms with Crippen LogP contribution < -0.4 is 9.64 Å². The van der Waals surface area contributed by atoms with E-state index in [9.17, 15) is 9.59 Å². The van der Waals surface area contributed by atoms with Crippen LogP contribution in [0.3, 0.4) is 0 Å². The molecule has 0 saturated carbocycles. The summed E-state index contributed by atoms with van der Waals surface area (Å²) in [6.07, 6.45) is 2.07. The van der Waals surface area contributed by atoms with E-state index < -0.39 is 12.1 Å². The first kappa shape index (κ1) is 15.0. The molecule has 1 aromatic heterocycles. The van der Waals surface area contributed by atoms with Crippen LogP contribution in [0.4, 0.5) is 5.69 Å². The molecule has 2 heterocycles. The van der Waals surface area contributed by atoms with Crippen LogP contribution in [0.15, 0.2) is 36.7 Å². The Bertz CT molecular complexity index is 745. The van der Waals surface area contributed by atoms with Gasteiger partial charge in [0.1, 0.15) is 11.4 Å². The van der Waals surface area contributed by atoms with Gasteiger partial charge in [0.05, 0.1) is 31.2 Å². The van der Waals surface area contributed by atoms with Gasteiger partial charge in [-0.2, -0.15) is 0 Å². The van der Waals surface area contributed by atoms with E-state index in [2.05, 4.69) is 9.97 Å². The van der Waals surface area contributed by atoms with Gasteiger partial charge in [-0.1, -0.05) is 12.1 Å². The summed E-state index contributed by atoms with van der Waals surface area (Å²) >= 11 is 0. The molecule has 0 bridgehead atoms. The number of aromatic nitrogens is 2. The van der Waals surface area contributed by atoms with Gasteiger partial charge in [0.25, 0.3) is 5.91 Å². The molecule has 1 amide bonds. The van der Waals surface area contributed by atoms with Crippen LogP contribution in [0, 0.1) is 6.92 Å². The maximum atomic E-state index is 12.7. The first-order valence-corrected chi connectivity index (χ1v) is 7.04. The van der Waals surface area contributed by atoms with Crippen LogP contribution in [-0.4, -0.2) is 41.6 Å². The zero-order valence-electron chi connectivity index (χ0n) is 12.7. The Balaban J connectivity index is 1.97. The summed E-state index contributed by atoms with van der Waals surface area (Å²) in [5.41, 5.74) is 1.51. The Morgan fingerprint density at radius 3 is 2.74 bits per heavy atom. The molecule has 0 saturated heterocycles. The normalized spacial score (nSPS) is 16.3. The second-order valence-corrected chi connectivity index (χ2v) is 5.06. The van der Waals surface area contributed by atoms with Gasteiger partial charge < -0.3 is 9.47 Å². The maximum Gasteiger partial charge on any atom is 0.348 e. The minimum Gasteiger partial charge on any atom is -0.475 e. The molecule has 3 rings (SSSR count). The number of nitrogens with zero attached hydrogens (tertiary/aromatic N) is 3. The number of anilines is 1. The number of carbonyl (C=O) groups is 2. The van der Waals surface area contributed by atoms with E-state index >= 15 is 0 Å². The second kappa shape index (κ2) is 6.04. The number of methoxy groups -OCH3 is 1. The Labute approximate surface area is 132 Å². The number of hydrogen-bond acceptors (Lipinski definition) is 6. The van der Waals surface area contributed by atoms with Crippen molar-refractivity contribution in [3.05, 3.63) is 48.0 Å². The van der Waals surface area contributed by atoms with E-state index in [4.69, 9.17) is 9.47 Å². The Morgan fingerprint density at radius 1 is 1.26 bits per heavy atom. The topological polar surface area (TPSA) is 81.6 Å². The summed E-state index contributed by atoms with van der Waals surface area (Å²) in [6, 6.07) is 7.02. The minimum absolute atomic E-state index is 0.0536. The van der Waals surface area contributed by atoms with Crippen LogP contribution in [0.2, 0.25) is 0 Å². The SMILES string of the molecule is COC(=O)[C@H]1CN(C(=O)c2cnc(C)cn2)c2ccccc2O1. The summed E-state index contributed by atoms with van der Waals surface area (Å²) in [6.45, 7) is 1.84. The molecule has 1 aliphatic heterocycles. The second-order valence-electron chi connectivity index (χ2n) is 5.06. The molecule has 23 heavy (non-hydrogen) atoms. The summed E-state index contributed by atoms with van der Waals surface area (Å²) in [7, 11) is 1.28. The molecular weight excluding hydrogens is 298 g/mol. The fourth-order valence-corrected chi connectivity index (χ4v) is 2.32. The molecule has 2 aromatic rings. The molecular formula is C16H15N3O4. The monoisotopic (exact) mass is 313 g/mol. The van der Waals surface area contributed by atoms with Gasteiger partial charge in [0.2, 0.25) is 6.10 Å². The largest absolute Gasteiger partial charge is 0.475 e. The number of rotatable bonds is 2. The molecule has 0 spiro atoms. The Morgan fingerprint density at radius 2 is 2.04 bits per heavy atom. The molecule has 7 nitrogen and oxygen atoms in total. The van der Waals surface area contributed by atoms with Crippen molar-refractivity contribution in [1.82, 2.24) is 9.97 Å². The van der Waals surface area contributed by atoms with Gasteiger partial charge >= 0.3 is 5.97 Å². The van der Waals surface area contributed by atoms with Gasteiger partial charge in [0, 0.05) is 6.20 Å². The number of ether oxygens (including phenoxy) is 2. The van der Waals surface area contributed by atoms with Gasteiger partial charge in [-0.3, -0.25) is 14.7 Å². The first-order chi connectivity index (χ1) is 11.1. The molecule has 1 aromatic carbocycles. The molecule has 118 valence electrons. The molecule has 0 radical (unpaired) electrons. The fourth-order valence-electron chi connectivity index (χ4n) is 2.32. The van der Waals surface area contributed by atoms with Crippen LogP contribution in [0.1, 0.15) is 16.2 Å². The predicted octanol–water partition coefficient (Wildman–Crippen LogP) is 1.37. The highest BCUT2D eigenvalue weighted by Gasteiger charge is 2.35. The maximum absolute atomic E-state index is 12.7. The molecule has 0 N–H and O–H groups in total. The highest BCUT2D eigenvalue weighted by Crippen LogP contribution is 2.34. The van der Waals surface area contributed by atoms with Gasteiger partial charge in [-0.15, -0.1) is 0 Å². The van der Waals surface area contributed by atoms with E-state index in [0.717, 1.165) is 5.69 Å². The van der Waals surface area contributed by atoms with Crippen molar-refractivity contribution in [2.75, 3.05) is 18.6 Å². The molecule has 0 aliphatic carbocycles. The third-order valence-corrected chi connectivity index (χ3v) is 3.48. The van der Waals surface area contributed by atoms with Crippen molar-refractivity contribution in [3.8, 4) is 5.75 Å². The number of carbonyl (C=O) groups excluding carboxylic acids is 2. The summed E-state index contributed by atoms with van der Waals surface area (Å²) in [5.74, 6) is -0.433. The Hall–Kier alpha value is -2.96. The first-order valence-electron chi connectivity index (χ1n) is 7.04. The van der Waals surface area contributed by atoms with E-state index in [1.54, 1.807) is 31.2 Å². The van der Waals surface area contributed by atoms with Crippen molar-refractivity contribution in [2.45, 2.75) is 13.0 Å². The zero-order chi connectivity index (χ0) is 16.4. The number of hydrogen-bond donors (Lipinski definition) is 0. The average Bonchev–Trinajstić information content (AvgIpc) is 2.60. The van der Waals surface area contributed by atoms with E-state index in [1.807, 2.05) is 0 Å². The molecule has 1 aliphatic rings. The van der Waals surface area contributed by atoms with Crippen molar-refractivity contribution in [2.24, 2.45) is 0 Å². The molecule has 1 atom stereocenters. The predicted molar refractivity (Wildman–Crippen MR) is 81.3 cm³/mol. The van der Waals surface area contributed by atoms with Crippen molar-refractivity contribution < 1.29 is 19.1 Å². The van der Waals surface area contributed by atoms with Gasteiger partial charge in [-0.25, -0.2) is 9.78 Å². The Kier molecular flexibility index (Phi) is 3.92. The van der Waals surface area contributed by atoms with E-state index in [-0.39, 0.29) is 18.1 Å². The van der Waals surface area contributed by atoms with E-state index in [1.165, 1.54) is 24.4 Å². The standard InChI is InChI=1S/C16H15N3O4/c1-10-7-18-11(8-17-10)15(20)19-9-14(16(21)22-2)23-13-6-4-3-5-12(13)19/h3-8,14H,9H2,1-2H3/t14-/m1/s1. The lowest BCUT2D eigenvalue weighted by atomic mass is 10.1. The van der Waals surface area contributed by atoms with Crippen LogP contribution in [0.25, 0.3) is 0 Å². The van der Waals surface area contributed by atoms with Crippen molar-refractivity contribution >= 4 is 17.6 Å². The zero-order valence-corrected chi connectivity index (χ0v) is 12.7. The lowest BCUT2D eigenvalue weighted by Gasteiger charge is -2.33. The van der Waals surface area contributed by atoms with Gasteiger partial charge in [0.15, 0.2) is 0 Å². The molecule has 7 heteroatoms. The fraction of sp³-hybridized carbons (Fsp3) is 0.250. The number of para-hydroxylation sites is 2. The number of amides is 1. The lowest BCUT2D eigenvalue weighted by molar-refractivity contribution is -0.148. The lowest BCUT2D eigenvalue weighted by Crippen LogP contribution is -2.47. The summed E-state index contributed by atoms with van der Waals surface area (Å²) in [5, 5.41) is 0. The van der Waals surface area contributed by atoms with Crippen molar-refractivity contribution in [1.29, 1.82) is 0 Å². The van der Waals surface area contributed by atoms with Crippen LogP contribution >= 0.6 is 0 Å². The summed E-state index contributed by atoms with van der Waals surface area (Å²) < 4.78 is 10.3. The number of fused-ring (bicyclic) bond motifs is 1. The van der Waals surface area contributed by atoms with Crippen molar-refractivity contribution in [3.63, 3.8) is 0 Å². The van der Waals surface area contributed by atoms with Gasteiger partial charge in [-0.05, 0) is 19.1 Å². The highest BCUT2D eigenvalue weighted by molar-refractivity contribution is 6.06. The molecule has 0 unspecified atom stereocenters.